The van der Waals surface area contributed by atoms with Gasteiger partial charge in [0.15, 0.2) is 0 Å². The average molecular weight is 373 g/mol. The van der Waals surface area contributed by atoms with Gasteiger partial charge in [-0.1, -0.05) is 12.1 Å². The van der Waals surface area contributed by atoms with Crippen LogP contribution >= 0.6 is 22.6 Å². The fourth-order valence-electron chi connectivity index (χ4n) is 1.70. The number of sulfonamides is 1. The number of alkyl halides is 2. The van der Waals surface area contributed by atoms with E-state index in [1.165, 1.54) is 6.07 Å². The van der Waals surface area contributed by atoms with Gasteiger partial charge >= 0.3 is 0 Å². The summed E-state index contributed by atoms with van der Waals surface area (Å²) in [6.45, 7) is -0.847. The van der Waals surface area contributed by atoms with Crippen LogP contribution in [0.2, 0.25) is 0 Å². The van der Waals surface area contributed by atoms with Crippen LogP contribution in [-0.4, -0.2) is 31.7 Å². The Bertz CT molecular complexity index is 533. The molecule has 94 valence electrons. The van der Waals surface area contributed by atoms with Crippen LogP contribution in [0.4, 0.5) is 8.78 Å². The predicted octanol–water partition coefficient (Wildman–Crippen LogP) is 2.32. The molecule has 1 aliphatic heterocycles. The van der Waals surface area contributed by atoms with Crippen molar-refractivity contribution in [3.8, 4) is 0 Å². The summed E-state index contributed by atoms with van der Waals surface area (Å²) < 4.78 is 51.7. The number of rotatable bonds is 2. The van der Waals surface area contributed by atoms with E-state index in [0.717, 1.165) is 4.31 Å². The lowest BCUT2D eigenvalue weighted by Gasteiger charge is -2.16. The first-order valence-corrected chi connectivity index (χ1v) is 7.47. The van der Waals surface area contributed by atoms with E-state index >= 15 is 0 Å². The van der Waals surface area contributed by atoms with Gasteiger partial charge in [-0.3, -0.25) is 0 Å². The van der Waals surface area contributed by atoms with Gasteiger partial charge in [-0.25, -0.2) is 17.2 Å². The van der Waals surface area contributed by atoms with E-state index in [-0.39, 0.29) is 11.4 Å². The first-order chi connectivity index (χ1) is 7.83. The molecule has 1 saturated heterocycles. The maximum Gasteiger partial charge on any atom is 0.262 e. The monoisotopic (exact) mass is 373 g/mol. The van der Waals surface area contributed by atoms with E-state index in [1.54, 1.807) is 18.2 Å². The molecule has 0 aliphatic carbocycles. The summed E-state index contributed by atoms with van der Waals surface area (Å²) in [5.41, 5.74) is 0. The lowest BCUT2D eigenvalue weighted by molar-refractivity contribution is 0.0183. The lowest BCUT2D eigenvalue weighted by Crippen LogP contribution is -2.31. The Labute approximate surface area is 112 Å². The summed E-state index contributed by atoms with van der Waals surface area (Å²) in [7, 11) is -3.79. The minimum Gasteiger partial charge on any atom is -0.207 e. The zero-order chi connectivity index (χ0) is 12.7. The quantitative estimate of drug-likeness (QED) is 0.747. The molecule has 0 amide bonds. The molecule has 0 bridgehead atoms. The Morgan fingerprint density at radius 3 is 2.47 bits per heavy atom. The van der Waals surface area contributed by atoms with Gasteiger partial charge in [0.25, 0.3) is 5.92 Å². The van der Waals surface area contributed by atoms with Crippen molar-refractivity contribution in [2.75, 3.05) is 13.1 Å². The van der Waals surface area contributed by atoms with Gasteiger partial charge in [-0.05, 0) is 34.7 Å². The molecule has 2 rings (SSSR count). The van der Waals surface area contributed by atoms with Gasteiger partial charge in [0.05, 0.1) is 11.4 Å². The highest BCUT2D eigenvalue weighted by molar-refractivity contribution is 14.1. The summed E-state index contributed by atoms with van der Waals surface area (Å²) in [5, 5.41) is 0. The number of halogens is 3. The fraction of sp³-hybridized carbons (Fsp3) is 0.400. The van der Waals surface area contributed by atoms with Crippen molar-refractivity contribution in [1.82, 2.24) is 4.31 Å². The third-order valence-electron chi connectivity index (χ3n) is 2.59. The van der Waals surface area contributed by atoms with E-state index in [4.69, 9.17) is 0 Å². The second-order valence-corrected chi connectivity index (χ2v) is 6.94. The molecule has 3 nitrogen and oxygen atoms in total. The van der Waals surface area contributed by atoms with Crippen molar-refractivity contribution in [1.29, 1.82) is 0 Å². The van der Waals surface area contributed by atoms with E-state index in [1.807, 2.05) is 22.6 Å². The predicted molar refractivity (Wildman–Crippen MR) is 67.5 cm³/mol. The molecule has 17 heavy (non-hydrogen) atoms. The minimum atomic E-state index is -3.79. The largest absolute Gasteiger partial charge is 0.262 e. The molecule has 0 aromatic heterocycles. The Kier molecular flexibility index (Phi) is 3.43. The fourth-order valence-corrected chi connectivity index (χ4v) is 4.46. The summed E-state index contributed by atoms with van der Waals surface area (Å²) in [4.78, 5) is 0.0956. The van der Waals surface area contributed by atoms with Crippen LogP contribution in [0.1, 0.15) is 6.42 Å². The summed E-state index contributed by atoms with van der Waals surface area (Å²) in [5.74, 6) is -2.91. The lowest BCUT2D eigenvalue weighted by atomic mass is 10.3. The van der Waals surface area contributed by atoms with Crippen LogP contribution < -0.4 is 0 Å². The van der Waals surface area contributed by atoms with Gasteiger partial charge in [0.1, 0.15) is 0 Å². The van der Waals surface area contributed by atoms with E-state index < -0.39 is 28.9 Å². The van der Waals surface area contributed by atoms with Crippen LogP contribution in [-0.2, 0) is 10.0 Å². The summed E-state index contributed by atoms with van der Waals surface area (Å²) in [6.07, 6.45) is -0.407. The van der Waals surface area contributed by atoms with Crippen LogP contribution in [0.25, 0.3) is 0 Å². The first kappa shape index (κ1) is 13.2. The molecule has 0 spiro atoms. The van der Waals surface area contributed by atoms with Crippen molar-refractivity contribution in [3.63, 3.8) is 0 Å². The molecule has 1 heterocycles. The molecule has 1 fully saturated rings. The molecule has 0 N–H and O–H groups in total. The van der Waals surface area contributed by atoms with Gasteiger partial charge < -0.3 is 0 Å². The molecular formula is C10H10F2INO2S. The van der Waals surface area contributed by atoms with Crippen LogP contribution in [0.3, 0.4) is 0 Å². The van der Waals surface area contributed by atoms with Gasteiger partial charge in [-0.2, -0.15) is 4.31 Å². The Balaban J connectivity index is 2.36. The number of hydrogen-bond acceptors (Lipinski definition) is 2. The third-order valence-corrected chi connectivity index (χ3v) is 5.80. The normalized spacial score (nSPS) is 20.6. The highest BCUT2D eigenvalue weighted by Gasteiger charge is 2.43. The third kappa shape index (κ3) is 2.60. The number of nitrogens with zero attached hydrogens (tertiary/aromatic N) is 1. The molecule has 0 saturated carbocycles. The Morgan fingerprint density at radius 2 is 1.94 bits per heavy atom. The van der Waals surface area contributed by atoms with Gasteiger partial charge in [0.2, 0.25) is 10.0 Å². The summed E-state index contributed by atoms with van der Waals surface area (Å²) >= 11 is 1.89. The first-order valence-electron chi connectivity index (χ1n) is 4.95. The zero-order valence-corrected chi connectivity index (χ0v) is 11.7. The summed E-state index contributed by atoms with van der Waals surface area (Å²) in [6, 6.07) is 6.37. The highest BCUT2D eigenvalue weighted by atomic mass is 127. The molecule has 0 radical (unpaired) electrons. The molecule has 1 aromatic rings. The maximum absolute atomic E-state index is 13.0. The van der Waals surface area contributed by atoms with E-state index in [0.29, 0.717) is 3.57 Å². The molecule has 7 heteroatoms. The van der Waals surface area contributed by atoms with Crippen molar-refractivity contribution in [2.24, 2.45) is 0 Å². The SMILES string of the molecule is O=S(=O)(c1ccccc1I)N1CCC(F)(F)C1. The molecular weight excluding hydrogens is 363 g/mol. The van der Waals surface area contributed by atoms with Gasteiger partial charge in [0, 0.05) is 16.5 Å². The van der Waals surface area contributed by atoms with Crippen molar-refractivity contribution in [3.05, 3.63) is 27.8 Å². The van der Waals surface area contributed by atoms with Crippen molar-refractivity contribution < 1.29 is 17.2 Å². The second kappa shape index (κ2) is 4.43. The molecule has 1 aliphatic rings. The molecule has 0 unspecified atom stereocenters. The highest BCUT2D eigenvalue weighted by Crippen LogP contribution is 2.32. The number of benzene rings is 1. The standard InChI is InChI=1S/C10H10F2INO2S/c11-10(12)5-6-14(7-10)17(15,16)9-4-2-1-3-8(9)13/h1-4H,5-7H2. The molecule has 1 aromatic carbocycles. The zero-order valence-electron chi connectivity index (χ0n) is 8.74. The van der Waals surface area contributed by atoms with Crippen LogP contribution in [0.15, 0.2) is 29.2 Å². The molecule has 0 atom stereocenters. The smallest absolute Gasteiger partial charge is 0.207 e. The maximum atomic E-state index is 13.0. The second-order valence-electron chi connectivity index (χ2n) is 3.87. The van der Waals surface area contributed by atoms with E-state index in [2.05, 4.69) is 0 Å². The minimum absolute atomic E-state index is 0.0956. The van der Waals surface area contributed by atoms with Gasteiger partial charge in [-0.15, -0.1) is 0 Å². The van der Waals surface area contributed by atoms with Crippen molar-refractivity contribution >= 4 is 32.6 Å². The topological polar surface area (TPSA) is 37.4 Å². The number of hydrogen-bond donors (Lipinski definition) is 0. The van der Waals surface area contributed by atoms with E-state index in [9.17, 15) is 17.2 Å². The Hall–Kier alpha value is -0.280. The Morgan fingerprint density at radius 1 is 1.29 bits per heavy atom. The van der Waals surface area contributed by atoms with Crippen molar-refractivity contribution in [2.45, 2.75) is 17.2 Å². The average Bonchev–Trinajstić information content (AvgIpc) is 2.60. The van der Waals surface area contributed by atoms with Crippen LogP contribution in [0, 0.1) is 3.57 Å². The van der Waals surface area contributed by atoms with Crippen LogP contribution in [0.5, 0.6) is 0 Å².